The van der Waals surface area contributed by atoms with Crippen LogP contribution in [0.3, 0.4) is 0 Å². The molecule has 3 nitrogen and oxygen atoms in total. The largest absolute Gasteiger partial charge is 0.337 e. The van der Waals surface area contributed by atoms with Gasteiger partial charge in [-0.25, -0.2) is 4.98 Å². The molecule has 0 spiro atoms. The van der Waals surface area contributed by atoms with Gasteiger partial charge in [-0.2, -0.15) is 0 Å². The molecule has 0 aliphatic heterocycles. The molecule has 5 aromatic rings. The van der Waals surface area contributed by atoms with Gasteiger partial charge in [-0.1, -0.05) is 77.9 Å². The predicted molar refractivity (Wildman–Crippen MR) is 120 cm³/mol. The third-order valence-corrected chi connectivity index (χ3v) is 5.23. The number of fused-ring (bicyclic) bond motifs is 1. The van der Waals surface area contributed by atoms with E-state index in [-0.39, 0.29) is 0 Å². The van der Waals surface area contributed by atoms with Crippen molar-refractivity contribution in [2.45, 2.75) is 13.8 Å². The number of aromatic nitrogens is 3. The van der Waals surface area contributed by atoms with Crippen LogP contribution in [0.4, 0.5) is 0 Å². The molecule has 0 fully saturated rings. The molecule has 2 aromatic heterocycles. The van der Waals surface area contributed by atoms with Gasteiger partial charge in [-0.3, -0.25) is 4.98 Å². The number of rotatable bonds is 3. The molecule has 0 saturated carbocycles. The molecule has 29 heavy (non-hydrogen) atoms. The molecule has 1 N–H and O–H groups in total. The number of benzene rings is 3. The van der Waals surface area contributed by atoms with Crippen molar-refractivity contribution in [2.75, 3.05) is 0 Å². The highest BCUT2D eigenvalue weighted by molar-refractivity contribution is 5.85. The van der Waals surface area contributed by atoms with Crippen LogP contribution in [0.25, 0.3) is 44.8 Å². The highest BCUT2D eigenvalue weighted by Gasteiger charge is 2.15. The lowest BCUT2D eigenvalue weighted by molar-refractivity contribution is 1.29. The minimum Gasteiger partial charge on any atom is -0.337 e. The fraction of sp³-hybridized carbons (Fsp3) is 0.0769. The average molecular weight is 375 g/mol. The van der Waals surface area contributed by atoms with E-state index in [4.69, 9.17) is 4.98 Å². The fourth-order valence-electron chi connectivity index (χ4n) is 3.56. The molecule has 2 heterocycles. The molecule has 0 bridgehead atoms. The first kappa shape index (κ1) is 17.4. The molecule has 0 amide bonds. The third-order valence-electron chi connectivity index (χ3n) is 5.23. The van der Waals surface area contributed by atoms with Crippen LogP contribution in [0, 0.1) is 13.8 Å². The zero-order valence-electron chi connectivity index (χ0n) is 16.5. The highest BCUT2D eigenvalue weighted by Crippen LogP contribution is 2.33. The van der Waals surface area contributed by atoms with Crippen LogP contribution in [0.1, 0.15) is 11.1 Å². The van der Waals surface area contributed by atoms with E-state index in [0.717, 1.165) is 44.8 Å². The first-order chi connectivity index (χ1) is 14.2. The van der Waals surface area contributed by atoms with Crippen LogP contribution in [-0.2, 0) is 0 Å². The second kappa shape index (κ2) is 7.02. The summed E-state index contributed by atoms with van der Waals surface area (Å²) in [6.07, 6.45) is 1.89. The summed E-state index contributed by atoms with van der Waals surface area (Å²) in [7, 11) is 0. The molecular formula is C26H21N3. The van der Waals surface area contributed by atoms with Crippen molar-refractivity contribution in [3.63, 3.8) is 0 Å². The average Bonchev–Trinajstić information content (AvgIpc) is 3.20. The molecule has 140 valence electrons. The minimum atomic E-state index is 0.828. The zero-order valence-corrected chi connectivity index (χ0v) is 16.5. The van der Waals surface area contributed by atoms with Crippen LogP contribution in [0.15, 0.2) is 85.1 Å². The number of imidazole rings is 1. The molecule has 0 saturated heterocycles. The Kier molecular flexibility index (Phi) is 4.21. The number of aromatic amines is 1. The monoisotopic (exact) mass is 375 g/mol. The van der Waals surface area contributed by atoms with Crippen molar-refractivity contribution in [3.05, 3.63) is 96.2 Å². The van der Waals surface area contributed by atoms with E-state index in [0.29, 0.717) is 0 Å². The van der Waals surface area contributed by atoms with Crippen molar-refractivity contribution in [1.82, 2.24) is 15.0 Å². The van der Waals surface area contributed by atoms with E-state index in [1.165, 1.54) is 11.1 Å². The van der Waals surface area contributed by atoms with Crippen LogP contribution in [0.2, 0.25) is 0 Å². The van der Waals surface area contributed by atoms with E-state index < -0.39 is 0 Å². The van der Waals surface area contributed by atoms with E-state index in [1.807, 2.05) is 24.4 Å². The van der Waals surface area contributed by atoms with Crippen molar-refractivity contribution in [3.8, 4) is 33.9 Å². The Bertz CT molecular complexity index is 1230. The van der Waals surface area contributed by atoms with Gasteiger partial charge in [-0.15, -0.1) is 0 Å². The standard InChI is InChI=1S/C26H21N3/c1-17-7-11-19(12-8-17)24-25(20-13-9-18(2)10-14-20)29-26(28-24)22-15-21-5-3-4-6-23(21)27-16-22/h3-16H,1-2H3,(H,28,29). The second-order valence-corrected chi connectivity index (χ2v) is 7.46. The van der Waals surface area contributed by atoms with E-state index in [2.05, 4.69) is 84.5 Å². The SMILES string of the molecule is Cc1ccc(-c2nc(-c3cnc4ccccc4c3)[nH]c2-c2ccc(C)cc2)cc1. The Morgan fingerprint density at radius 2 is 1.34 bits per heavy atom. The quantitative estimate of drug-likeness (QED) is 0.387. The van der Waals surface area contributed by atoms with Crippen molar-refractivity contribution < 1.29 is 0 Å². The molecular weight excluding hydrogens is 354 g/mol. The summed E-state index contributed by atoms with van der Waals surface area (Å²) in [5.74, 6) is 0.828. The van der Waals surface area contributed by atoms with E-state index in [9.17, 15) is 0 Å². The Hall–Kier alpha value is -3.72. The number of hydrogen-bond donors (Lipinski definition) is 1. The lowest BCUT2D eigenvalue weighted by atomic mass is 10.0. The number of H-pyrrole nitrogens is 1. The summed E-state index contributed by atoms with van der Waals surface area (Å²) < 4.78 is 0. The smallest absolute Gasteiger partial charge is 0.140 e. The number of pyridine rings is 1. The van der Waals surface area contributed by atoms with Gasteiger partial charge in [0.05, 0.1) is 16.9 Å². The summed E-state index contributed by atoms with van der Waals surface area (Å²) in [6, 6.07) is 27.3. The third kappa shape index (κ3) is 3.32. The molecule has 3 heteroatoms. The maximum atomic E-state index is 4.99. The summed E-state index contributed by atoms with van der Waals surface area (Å²) in [4.78, 5) is 13.2. The molecule has 3 aromatic carbocycles. The van der Waals surface area contributed by atoms with Crippen molar-refractivity contribution in [2.24, 2.45) is 0 Å². The maximum absolute atomic E-state index is 4.99. The molecule has 0 aliphatic carbocycles. The lowest BCUT2D eigenvalue weighted by Crippen LogP contribution is -1.85. The normalized spacial score (nSPS) is 11.1. The lowest BCUT2D eigenvalue weighted by Gasteiger charge is -2.04. The van der Waals surface area contributed by atoms with Gasteiger partial charge < -0.3 is 4.98 Å². The van der Waals surface area contributed by atoms with Crippen molar-refractivity contribution >= 4 is 10.9 Å². The van der Waals surface area contributed by atoms with Crippen LogP contribution >= 0.6 is 0 Å². The van der Waals surface area contributed by atoms with Gasteiger partial charge in [0.15, 0.2) is 0 Å². The number of para-hydroxylation sites is 1. The zero-order chi connectivity index (χ0) is 19.8. The van der Waals surface area contributed by atoms with E-state index >= 15 is 0 Å². The van der Waals surface area contributed by atoms with Crippen LogP contribution in [-0.4, -0.2) is 15.0 Å². The Labute approximate surface area is 170 Å². The highest BCUT2D eigenvalue weighted by atomic mass is 14.9. The van der Waals surface area contributed by atoms with Gasteiger partial charge >= 0.3 is 0 Å². The molecule has 0 atom stereocenters. The van der Waals surface area contributed by atoms with Crippen LogP contribution < -0.4 is 0 Å². The fourth-order valence-corrected chi connectivity index (χ4v) is 3.56. The second-order valence-electron chi connectivity index (χ2n) is 7.46. The first-order valence-corrected chi connectivity index (χ1v) is 9.77. The van der Waals surface area contributed by atoms with Gasteiger partial charge in [0, 0.05) is 28.3 Å². The molecule has 0 aliphatic rings. The Morgan fingerprint density at radius 3 is 2.07 bits per heavy atom. The maximum Gasteiger partial charge on any atom is 0.140 e. The molecule has 0 radical (unpaired) electrons. The number of hydrogen-bond acceptors (Lipinski definition) is 2. The van der Waals surface area contributed by atoms with Gasteiger partial charge in [-0.05, 0) is 26.0 Å². The number of aryl methyl sites for hydroxylation is 2. The van der Waals surface area contributed by atoms with E-state index in [1.54, 1.807) is 0 Å². The van der Waals surface area contributed by atoms with Gasteiger partial charge in [0.25, 0.3) is 0 Å². The summed E-state index contributed by atoms with van der Waals surface area (Å²) in [5.41, 5.74) is 8.65. The molecule has 0 unspecified atom stereocenters. The summed E-state index contributed by atoms with van der Waals surface area (Å²) >= 11 is 0. The summed E-state index contributed by atoms with van der Waals surface area (Å²) in [6.45, 7) is 4.20. The van der Waals surface area contributed by atoms with Gasteiger partial charge in [0.1, 0.15) is 5.82 Å². The van der Waals surface area contributed by atoms with Crippen molar-refractivity contribution in [1.29, 1.82) is 0 Å². The molecule has 5 rings (SSSR count). The van der Waals surface area contributed by atoms with Gasteiger partial charge in [0.2, 0.25) is 0 Å². The summed E-state index contributed by atoms with van der Waals surface area (Å²) in [5, 5.41) is 1.11. The first-order valence-electron chi connectivity index (χ1n) is 9.77. The topological polar surface area (TPSA) is 41.6 Å². The predicted octanol–water partition coefficient (Wildman–Crippen LogP) is 6.58. The number of nitrogens with zero attached hydrogens (tertiary/aromatic N) is 2. The van der Waals surface area contributed by atoms with Crippen LogP contribution in [0.5, 0.6) is 0 Å². The Balaban J connectivity index is 1.69. The number of nitrogens with one attached hydrogen (secondary N) is 1. The Morgan fingerprint density at radius 1 is 0.690 bits per heavy atom. The minimum absolute atomic E-state index is 0.828.